The molecule has 3 aromatic rings. The zero-order chi connectivity index (χ0) is 14.1. The lowest BCUT2D eigenvalue weighted by Gasteiger charge is -1.99. The van der Waals surface area contributed by atoms with Crippen LogP contribution in [0.1, 0.15) is 17.3 Å². The third-order valence-electron chi connectivity index (χ3n) is 3.29. The monoisotopic (exact) mass is 266 g/mol. The molecule has 0 saturated carbocycles. The molecular formula is C17H14O3. The van der Waals surface area contributed by atoms with E-state index in [2.05, 4.69) is 0 Å². The molecule has 0 amide bonds. The third kappa shape index (κ3) is 1.88. The lowest BCUT2D eigenvalue weighted by atomic mass is 10.0. The second kappa shape index (κ2) is 4.85. The third-order valence-corrected chi connectivity index (χ3v) is 3.29. The lowest BCUT2D eigenvalue weighted by molar-refractivity contribution is 0.101. The summed E-state index contributed by atoms with van der Waals surface area (Å²) in [6.07, 6.45) is 0. The maximum absolute atomic E-state index is 12.0. The first-order valence-corrected chi connectivity index (χ1v) is 6.38. The molecule has 0 atom stereocenters. The molecule has 0 bridgehead atoms. The van der Waals surface area contributed by atoms with Crippen LogP contribution < -0.4 is 4.74 Å². The number of hydrogen-bond donors (Lipinski definition) is 0. The summed E-state index contributed by atoms with van der Waals surface area (Å²) in [5, 5.41) is 0.788. The molecule has 0 aliphatic rings. The van der Waals surface area contributed by atoms with E-state index in [4.69, 9.17) is 9.15 Å². The molecule has 1 heterocycles. The average Bonchev–Trinajstić information content (AvgIpc) is 2.87. The highest BCUT2D eigenvalue weighted by molar-refractivity contribution is 6.12. The van der Waals surface area contributed by atoms with Crippen molar-refractivity contribution in [1.82, 2.24) is 0 Å². The molecular weight excluding hydrogens is 252 g/mol. The van der Waals surface area contributed by atoms with E-state index >= 15 is 0 Å². The predicted octanol–water partition coefficient (Wildman–Crippen LogP) is 4.31. The highest BCUT2D eigenvalue weighted by atomic mass is 16.5. The summed E-state index contributed by atoms with van der Waals surface area (Å²) in [7, 11) is 1.59. The van der Waals surface area contributed by atoms with Crippen LogP contribution in [0.25, 0.3) is 22.3 Å². The summed E-state index contributed by atoms with van der Waals surface area (Å²) >= 11 is 0. The van der Waals surface area contributed by atoms with E-state index < -0.39 is 0 Å². The number of carbonyl (C=O) groups is 1. The van der Waals surface area contributed by atoms with E-state index in [9.17, 15) is 4.79 Å². The highest BCUT2D eigenvalue weighted by Gasteiger charge is 2.21. The highest BCUT2D eigenvalue weighted by Crippen LogP contribution is 2.37. The molecule has 2 aromatic carbocycles. The number of methoxy groups -OCH3 is 1. The minimum absolute atomic E-state index is 0.0177. The Morgan fingerprint density at radius 2 is 1.80 bits per heavy atom. The number of ketones is 1. The van der Waals surface area contributed by atoms with E-state index in [1.165, 1.54) is 0 Å². The van der Waals surface area contributed by atoms with Gasteiger partial charge < -0.3 is 9.15 Å². The van der Waals surface area contributed by atoms with Crippen LogP contribution in [-0.2, 0) is 0 Å². The Bertz CT molecular complexity index is 770. The van der Waals surface area contributed by atoms with Crippen molar-refractivity contribution in [2.45, 2.75) is 6.92 Å². The maximum atomic E-state index is 12.0. The molecule has 3 rings (SSSR count). The molecule has 0 aliphatic heterocycles. The topological polar surface area (TPSA) is 39.4 Å². The van der Waals surface area contributed by atoms with Gasteiger partial charge in [0, 0.05) is 10.9 Å². The molecule has 0 spiro atoms. The molecule has 3 nitrogen and oxygen atoms in total. The van der Waals surface area contributed by atoms with Gasteiger partial charge in [-0.1, -0.05) is 42.5 Å². The first-order chi connectivity index (χ1) is 9.72. The number of fused-ring (bicyclic) bond motifs is 1. The van der Waals surface area contributed by atoms with Crippen LogP contribution in [0.15, 0.2) is 52.9 Å². The number of carbonyl (C=O) groups excluding carboxylic acids is 1. The standard InChI is InChI=1S/C17H14O3/c1-11(18)15-13-9-6-10-14(19-2)17(13)20-16(15)12-7-4-3-5-8-12/h3-10H,1-2H3. The number of furan rings is 1. The molecule has 0 N–H and O–H groups in total. The Morgan fingerprint density at radius 3 is 2.45 bits per heavy atom. The Hall–Kier alpha value is -2.55. The number of hydrogen-bond acceptors (Lipinski definition) is 3. The van der Waals surface area contributed by atoms with Gasteiger partial charge in [-0.25, -0.2) is 0 Å². The van der Waals surface area contributed by atoms with Gasteiger partial charge in [0.25, 0.3) is 0 Å². The maximum Gasteiger partial charge on any atom is 0.177 e. The van der Waals surface area contributed by atoms with E-state index in [-0.39, 0.29) is 5.78 Å². The Kier molecular flexibility index (Phi) is 3.03. The molecule has 0 radical (unpaired) electrons. The fraction of sp³-hybridized carbons (Fsp3) is 0.118. The van der Waals surface area contributed by atoms with E-state index in [1.54, 1.807) is 14.0 Å². The Labute approximate surface area is 116 Å². The summed E-state index contributed by atoms with van der Waals surface area (Å²) in [5.74, 6) is 1.21. The molecule has 0 saturated heterocycles. The minimum Gasteiger partial charge on any atom is -0.493 e. The van der Waals surface area contributed by atoms with Crippen LogP contribution in [0.2, 0.25) is 0 Å². The van der Waals surface area contributed by atoms with Crippen LogP contribution in [-0.4, -0.2) is 12.9 Å². The van der Waals surface area contributed by atoms with Gasteiger partial charge in [0.2, 0.25) is 0 Å². The van der Waals surface area contributed by atoms with Crippen molar-refractivity contribution < 1.29 is 13.9 Å². The number of benzene rings is 2. The van der Waals surface area contributed by atoms with Crippen LogP contribution in [0.5, 0.6) is 5.75 Å². The van der Waals surface area contributed by atoms with Crippen molar-refractivity contribution in [3.63, 3.8) is 0 Å². The first-order valence-electron chi connectivity index (χ1n) is 6.38. The van der Waals surface area contributed by atoms with E-state index in [1.807, 2.05) is 48.5 Å². The number of Topliss-reactive ketones (excluding diaryl/α,β-unsaturated/α-hetero) is 1. The van der Waals surface area contributed by atoms with Crippen molar-refractivity contribution >= 4 is 16.8 Å². The molecule has 1 aromatic heterocycles. The quantitative estimate of drug-likeness (QED) is 0.663. The zero-order valence-corrected chi connectivity index (χ0v) is 11.3. The average molecular weight is 266 g/mol. The van der Waals surface area contributed by atoms with Crippen molar-refractivity contribution in [2.75, 3.05) is 7.11 Å². The van der Waals surface area contributed by atoms with Crippen molar-refractivity contribution in [3.05, 3.63) is 54.1 Å². The Morgan fingerprint density at radius 1 is 1.05 bits per heavy atom. The van der Waals surface area contributed by atoms with Gasteiger partial charge in [-0.15, -0.1) is 0 Å². The summed E-state index contributed by atoms with van der Waals surface area (Å²) < 4.78 is 11.2. The summed E-state index contributed by atoms with van der Waals surface area (Å²) in [6.45, 7) is 1.55. The molecule has 100 valence electrons. The van der Waals surface area contributed by atoms with Crippen LogP contribution >= 0.6 is 0 Å². The van der Waals surface area contributed by atoms with Crippen LogP contribution in [0, 0.1) is 0 Å². The smallest absolute Gasteiger partial charge is 0.177 e. The van der Waals surface area contributed by atoms with Gasteiger partial charge in [-0.05, 0) is 13.0 Å². The van der Waals surface area contributed by atoms with Gasteiger partial charge in [0.15, 0.2) is 17.1 Å². The van der Waals surface area contributed by atoms with Crippen molar-refractivity contribution in [2.24, 2.45) is 0 Å². The zero-order valence-electron chi connectivity index (χ0n) is 11.3. The summed E-state index contributed by atoms with van der Waals surface area (Å²) in [5.41, 5.74) is 2.10. The van der Waals surface area contributed by atoms with E-state index in [0.717, 1.165) is 10.9 Å². The molecule has 0 fully saturated rings. The van der Waals surface area contributed by atoms with Gasteiger partial charge in [-0.3, -0.25) is 4.79 Å². The second-order valence-electron chi connectivity index (χ2n) is 4.57. The molecule has 0 aliphatic carbocycles. The fourth-order valence-electron chi connectivity index (χ4n) is 2.40. The molecule has 0 unspecified atom stereocenters. The predicted molar refractivity (Wildman–Crippen MR) is 78.2 cm³/mol. The first kappa shape index (κ1) is 12.5. The minimum atomic E-state index is -0.0177. The van der Waals surface area contributed by atoms with Gasteiger partial charge in [0.05, 0.1) is 12.7 Å². The lowest BCUT2D eigenvalue weighted by Crippen LogP contribution is -1.93. The largest absolute Gasteiger partial charge is 0.493 e. The SMILES string of the molecule is COc1cccc2c(C(C)=O)c(-c3ccccc3)oc12. The second-order valence-corrected chi connectivity index (χ2v) is 4.57. The van der Waals surface area contributed by atoms with Crippen molar-refractivity contribution in [1.29, 1.82) is 0 Å². The summed E-state index contributed by atoms with van der Waals surface area (Å²) in [6, 6.07) is 15.2. The number of rotatable bonds is 3. The number of ether oxygens (including phenoxy) is 1. The van der Waals surface area contributed by atoms with Gasteiger partial charge >= 0.3 is 0 Å². The van der Waals surface area contributed by atoms with E-state index in [0.29, 0.717) is 22.7 Å². The number of para-hydroxylation sites is 1. The van der Waals surface area contributed by atoms with Crippen LogP contribution in [0.4, 0.5) is 0 Å². The van der Waals surface area contributed by atoms with Crippen molar-refractivity contribution in [3.8, 4) is 17.1 Å². The molecule has 20 heavy (non-hydrogen) atoms. The van der Waals surface area contributed by atoms with Crippen LogP contribution in [0.3, 0.4) is 0 Å². The summed E-state index contributed by atoms with van der Waals surface area (Å²) in [4.78, 5) is 12.0. The normalized spacial score (nSPS) is 10.7. The fourth-order valence-corrected chi connectivity index (χ4v) is 2.40. The Balaban J connectivity index is 2.37. The molecule has 3 heteroatoms. The van der Waals surface area contributed by atoms with Gasteiger partial charge in [0.1, 0.15) is 5.76 Å². The van der Waals surface area contributed by atoms with Gasteiger partial charge in [-0.2, -0.15) is 0 Å².